The van der Waals surface area contributed by atoms with E-state index in [1.807, 2.05) is 24.4 Å². The molecule has 2 aromatic heterocycles. The van der Waals surface area contributed by atoms with Crippen LogP contribution in [0.4, 0.5) is 0 Å². The topological polar surface area (TPSA) is 38.9 Å². The molecule has 1 unspecified atom stereocenters. The van der Waals surface area contributed by atoms with Crippen molar-refractivity contribution in [3.05, 3.63) is 64.0 Å². The summed E-state index contributed by atoms with van der Waals surface area (Å²) in [5.74, 6) is 0. The maximum Gasteiger partial charge on any atom is 0.0705 e. The lowest BCUT2D eigenvalue weighted by Crippen LogP contribution is -2.11. The van der Waals surface area contributed by atoms with Crippen molar-refractivity contribution < 1.29 is 0 Å². The Morgan fingerprint density at radius 3 is 2.89 bits per heavy atom. The molecule has 0 radical (unpaired) electrons. The maximum absolute atomic E-state index is 6.37. The zero-order chi connectivity index (χ0) is 12.5. The number of hydrogen-bond donors (Lipinski definition) is 1. The molecule has 18 heavy (non-hydrogen) atoms. The van der Waals surface area contributed by atoms with E-state index in [2.05, 4.69) is 35.5 Å². The first-order valence-corrected chi connectivity index (χ1v) is 6.78. The Bertz CT molecular complexity index is 682. The highest BCUT2D eigenvalue weighted by Crippen LogP contribution is 2.28. The summed E-state index contributed by atoms with van der Waals surface area (Å²) in [4.78, 5) is 5.66. The third-order valence-electron chi connectivity index (χ3n) is 3.12. The first-order chi connectivity index (χ1) is 8.75. The molecule has 1 atom stereocenters. The van der Waals surface area contributed by atoms with Crippen LogP contribution >= 0.6 is 11.3 Å². The van der Waals surface area contributed by atoms with Gasteiger partial charge in [0.2, 0.25) is 0 Å². The first-order valence-electron chi connectivity index (χ1n) is 5.90. The molecule has 0 saturated carbocycles. The van der Waals surface area contributed by atoms with Crippen LogP contribution in [0.3, 0.4) is 0 Å². The van der Waals surface area contributed by atoms with Gasteiger partial charge in [0.1, 0.15) is 0 Å². The van der Waals surface area contributed by atoms with Crippen molar-refractivity contribution in [3.63, 3.8) is 0 Å². The number of nitrogens with two attached hydrogens (primary N) is 1. The lowest BCUT2D eigenvalue weighted by molar-refractivity contribution is 0.885. The van der Waals surface area contributed by atoms with Gasteiger partial charge in [-0.25, -0.2) is 0 Å². The van der Waals surface area contributed by atoms with Gasteiger partial charge in [-0.1, -0.05) is 18.2 Å². The minimum absolute atomic E-state index is 0.0807. The number of nitrogens with zero attached hydrogens (tertiary/aromatic N) is 1. The number of benzene rings is 1. The monoisotopic (exact) mass is 254 g/mol. The maximum atomic E-state index is 6.37. The van der Waals surface area contributed by atoms with Gasteiger partial charge in [0, 0.05) is 16.5 Å². The van der Waals surface area contributed by atoms with Crippen molar-refractivity contribution in [2.75, 3.05) is 0 Å². The second-order valence-electron chi connectivity index (χ2n) is 4.39. The van der Waals surface area contributed by atoms with Crippen LogP contribution in [0.25, 0.3) is 10.9 Å². The van der Waals surface area contributed by atoms with Gasteiger partial charge in [-0.05, 0) is 41.6 Å². The Labute approximate surface area is 110 Å². The highest BCUT2D eigenvalue weighted by Gasteiger charge is 2.13. The molecule has 0 saturated heterocycles. The van der Waals surface area contributed by atoms with Gasteiger partial charge in [0.15, 0.2) is 0 Å². The predicted octanol–water partition coefficient (Wildman–Crippen LogP) is 3.65. The van der Waals surface area contributed by atoms with Gasteiger partial charge in [-0.15, -0.1) is 11.3 Å². The summed E-state index contributed by atoms with van der Waals surface area (Å²) >= 11 is 1.74. The summed E-state index contributed by atoms with van der Waals surface area (Å²) < 4.78 is 0. The van der Waals surface area contributed by atoms with E-state index in [0.717, 1.165) is 16.5 Å². The SMILES string of the molecule is Cc1cc(C(N)c2cccc3ncccc23)cs1. The molecular formula is C15H14N2S. The van der Waals surface area contributed by atoms with Gasteiger partial charge >= 0.3 is 0 Å². The van der Waals surface area contributed by atoms with Crippen LogP contribution < -0.4 is 5.73 Å². The van der Waals surface area contributed by atoms with Gasteiger partial charge in [-0.2, -0.15) is 0 Å². The van der Waals surface area contributed by atoms with Gasteiger partial charge in [0.05, 0.1) is 11.6 Å². The summed E-state index contributed by atoms with van der Waals surface area (Å²) in [5.41, 5.74) is 9.68. The number of thiophene rings is 1. The van der Waals surface area contributed by atoms with Crippen LogP contribution in [0.2, 0.25) is 0 Å². The molecule has 3 aromatic rings. The number of aryl methyl sites for hydroxylation is 1. The Kier molecular flexibility index (Phi) is 2.86. The zero-order valence-corrected chi connectivity index (χ0v) is 10.9. The number of aromatic nitrogens is 1. The van der Waals surface area contributed by atoms with Crippen LogP contribution in [0, 0.1) is 6.92 Å². The van der Waals surface area contributed by atoms with Crippen molar-refractivity contribution in [2.24, 2.45) is 5.73 Å². The fourth-order valence-corrected chi connectivity index (χ4v) is 2.95. The summed E-state index contributed by atoms with van der Waals surface area (Å²) in [6, 6.07) is 12.2. The second kappa shape index (κ2) is 4.52. The summed E-state index contributed by atoms with van der Waals surface area (Å²) in [7, 11) is 0. The molecule has 1 aromatic carbocycles. The lowest BCUT2D eigenvalue weighted by atomic mass is 9.98. The molecule has 0 spiro atoms. The highest BCUT2D eigenvalue weighted by molar-refractivity contribution is 7.10. The molecular weight excluding hydrogens is 240 g/mol. The molecule has 0 aliphatic rings. The molecule has 0 amide bonds. The van der Waals surface area contributed by atoms with Crippen LogP contribution in [0.1, 0.15) is 22.0 Å². The Balaban J connectivity index is 2.14. The van der Waals surface area contributed by atoms with E-state index < -0.39 is 0 Å². The largest absolute Gasteiger partial charge is 0.320 e. The Morgan fingerprint density at radius 1 is 1.22 bits per heavy atom. The number of fused-ring (bicyclic) bond motifs is 1. The van der Waals surface area contributed by atoms with Gasteiger partial charge in [0.25, 0.3) is 0 Å². The highest BCUT2D eigenvalue weighted by atomic mass is 32.1. The van der Waals surface area contributed by atoms with E-state index in [0.29, 0.717) is 0 Å². The zero-order valence-electron chi connectivity index (χ0n) is 10.1. The third-order valence-corrected chi connectivity index (χ3v) is 4.00. The van der Waals surface area contributed by atoms with Gasteiger partial charge in [-0.3, -0.25) is 4.98 Å². The summed E-state index contributed by atoms with van der Waals surface area (Å²) in [6.45, 7) is 2.10. The van der Waals surface area contributed by atoms with E-state index >= 15 is 0 Å². The minimum atomic E-state index is -0.0807. The molecule has 0 aliphatic heterocycles. The number of rotatable bonds is 2. The van der Waals surface area contributed by atoms with Crippen LogP contribution in [0.15, 0.2) is 48.0 Å². The average molecular weight is 254 g/mol. The number of pyridine rings is 1. The smallest absolute Gasteiger partial charge is 0.0705 e. The van der Waals surface area contributed by atoms with Crippen LogP contribution in [-0.2, 0) is 0 Å². The van der Waals surface area contributed by atoms with Crippen molar-refractivity contribution in [1.82, 2.24) is 4.98 Å². The third kappa shape index (κ3) is 1.92. The predicted molar refractivity (Wildman–Crippen MR) is 76.8 cm³/mol. The van der Waals surface area contributed by atoms with Crippen molar-refractivity contribution in [1.29, 1.82) is 0 Å². The van der Waals surface area contributed by atoms with E-state index in [4.69, 9.17) is 5.73 Å². The van der Waals surface area contributed by atoms with Crippen LogP contribution in [-0.4, -0.2) is 4.98 Å². The summed E-state index contributed by atoms with van der Waals surface area (Å²) in [6.07, 6.45) is 1.81. The van der Waals surface area contributed by atoms with E-state index in [1.165, 1.54) is 10.4 Å². The molecule has 0 fully saturated rings. The fraction of sp³-hybridized carbons (Fsp3) is 0.133. The van der Waals surface area contributed by atoms with Crippen molar-refractivity contribution in [2.45, 2.75) is 13.0 Å². The quantitative estimate of drug-likeness (QED) is 0.758. The Morgan fingerprint density at radius 2 is 2.11 bits per heavy atom. The van der Waals surface area contributed by atoms with E-state index in [9.17, 15) is 0 Å². The molecule has 0 aliphatic carbocycles. The molecule has 90 valence electrons. The van der Waals surface area contributed by atoms with E-state index in [-0.39, 0.29) is 6.04 Å². The van der Waals surface area contributed by atoms with E-state index in [1.54, 1.807) is 11.3 Å². The summed E-state index contributed by atoms with van der Waals surface area (Å²) in [5, 5.41) is 3.27. The Hall–Kier alpha value is -1.71. The standard InChI is InChI=1S/C15H14N2S/c1-10-8-11(9-18-10)15(16)13-4-2-6-14-12(13)5-3-7-17-14/h2-9,15H,16H2,1H3. The van der Waals surface area contributed by atoms with Crippen molar-refractivity contribution in [3.8, 4) is 0 Å². The molecule has 2 nitrogen and oxygen atoms in total. The molecule has 0 bridgehead atoms. The molecule has 2 heterocycles. The normalized spacial score (nSPS) is 12.8. The van der Waals surface area contributed by atoms with Crippen molar-refractivity contribution >= 4 is 22.2 Å². The molecule has 3 rings (SSSR count). The molecule has 3 heteroatoms. The second-order valence-corrected chi connectivity index (χ2v) is 5.50. The minimum Gasteiger partial charge on any atom is -0.320 e. The average Bonchev–Trinajstić information content (AvgIpc) is 2.84. The fourth-order valence-electron chi connectivity index (χ4n) is 2.20. The first kappa shape index (κ1) is 11.4. The van der Waals surface area contributed by atoms with Crippen LogP contribution in [0.5, 0.6) is 0 Å². The molecule has 2 N–H and O–H groups in total. The van der Waals surface area contributed by atoms with Gasteiger partial charge < -0.3 is 5.73 Å². The number of hydrogen-bond acceptors (Lipinski definition) is 3. The lowest BCUT2D eigenvalue weighted by Gasteiger charge is -2.13.